The molecule has 0 spiro atoms. The first-order chi connectivity index (χ1) is 10.2. The maximum atomic E-state index is 11.3. The lowest BCUT2D eigenvalue weighted by molar-refractivity contribution is 0.297. The van der Waals surface area contributed by atoms with Crippen molar-refractivity contribution in [2.75, 3.05) is 24.3 Å². The van der Waals surface area contributed by atoms with Crippen molar-refractivity contribution >= 4 is 11.8 Å². The van der Waals surface area contributed by atoms with Crippen LogP contribution in [0.25, 0.3) is 0 Å². The molecule has 7 nitrogen and oxygen atoms in total. The third kappa shape index (κ3) is 3.25. The number of aromatic nitrogens is 2. The summed E-state index contributed by atoms with van der Waals surface area (Å²) in [6.45, 7) is 1.80. The molecule has 4 N–H and O–H groups in total. The summed E-state index contributed by atoms with van der Waals surface area (Å²) in [4.78, 5) is 17.9. The highest BCUT2D eigenvalue weighted by Crippen LogP contribution is 2.30. The van der Waals surface area contributed by atoms with E-state index in [9.17, 15) is 4.79 Å². The van der Waals surface area contributed by atoms with Gasteiger partial charge in [0.05, 0.1) is 13.2 Å². The van der Waals surface area contributed by atoms with E-state index in [2.05, 4.69) is 15.3 Å². The molecule has 1 aliphatic rings. The number of hydrogen-bond acceptors (Lipinski definition) is 6. The van der Waals surface area contributed by atoms with Gasteiger partial charge in [-0.3, -0.25) is 9.78 Å². The molecule has 0 saturated carbocycles. The molecule has 0 aliphatic carbocycles. The molecule has 110 valence electrons. The minimum atomic E-state index is -0.288. The fourth-order valence-corrected chi connectivity index (χ4v) is 2.06. The van der Waals surface area contributed by atoms with Gasteiger partial charge in [0.15, 0.2) is 11.5 Å². The van der Waals surface area contributed by atoms with Crippen LogP contribution in [-0.4, -0.2) is 23.2 Å². The predicted molar refractivity (Wildman–Crippen MR) is 78.6 cm³/mol. The number of nitrogens with two attached hydrogens (primary N) is 1. The molecule has 3 rings (SSSR count). The van der Waals surface area contributed by atoms with E-state index >= 15 is 0 Å². The van der Waals surface area contributed by atoms with Crippen LogP contribution in [0.2, 0.25) is 0 Å². The van der Waals surface area contributed by atoms with Crippen LogP contribution >= 0.6 is 0 Å². The second-order valence-corrected chi connectivity index (χ2v) is 4.70. The lowest BCUT2D eigenvalue weighted by Crippen LogP contribution is -2.13. The highest BCUT2D eigenvalue weighted by Gasteiger charge is 2.10. The third-order valence-electron chi connectivity index (χ3n) is 3.03. The van der Waals surface area contributed by atoms with Crippen molar-refractivity contribution in [2.24, 2.45) is 0 Å². The average molecular weight is 288 g/mol. The fraction of sp³-hybridized carbons (Fsp3) is 0.286. The topological polar surface area (TPSA) is 102 Å². The van der Waals surface area contributed by atoms with Gasteiger partial charge in [0.2, 0.25) is 5.95 Å². The van der Waals surface area contributed by atoms with Crippen molar-refractivity contribution < 1.29 is 9.47 Å². The number of nitrogens with zero attached hydrogens (tertiary/aromatic N) is 1. The first-order valence-corrected chi connectivity index (χ1v) is 6.70. The molecule has 0 amide bonds. The smallest absolute Gasteiger partial charge is 0.254 e. The molecular formula is C14H16N4O3. The molecule has 0 fully saturated rings. The molecule has 21 heavy (non-hydrogen) atoms. The van der Waals surface area contributed by atoms with Gasteiger partial charge in [-0.1, -0.05) is 6.07 Å². The molecule has 1 aromatic heterocycles. The van der Waals surface area contributed by atoms with E-state index < -0.39 is 0 Å². The molecule has 1 aliphatic heterocycles. The Morgan fingerprint density at radius 3 is 2.86 bits per heavy atom. The van der Waals surface area contributed by atoms with E-state index in [-0.39, 0.29) is 11.4 Å². The van der Waals surface area contributed by atoms with Gasteiger partial charge in [0.1, 0.15) is 5.82 Å². The monoisotopic (exact) mass is 288 g/mol. The van der Waals surface area contributed by atoms with E-state index in [1.54, 1.807) is 0 Å². The highest BCUT2D eigenvalue weighted by molar-refractivity contribution is 5.44. The highest BCUT2D eigenvalue weighted by atomic mass is 16.5. The number of anilines is 2. The van der Waals surface area contributed by atoms with E-state index in [0.29, 0.717) is 25.7 Å². The number of nitrogen functional groups attached to an aromatic ring is 1. The zero-order chi connectivity index (χ0) is 14.7. The summed E-state index contributed by atoms with van der Waals surface area (Å²) in [6, 6.07) is 6.97. The van der Waals surface area contributed by atoms with Crippen LogP contribution in [0.15, 0.2) is 29.1 Å². The minimum Gasteiger partial charge on any atom is -0.490 e. The van der Waals surface area contributed by atoms with E-state index in [4.69, 9.17) is 15.2 Å². The second kappa shape index (κ2) is 5.74. The fourth-order valence-electron chi connectivity index (χ4n) is 2.06. The zero-order valence-corrected chi connectivity index (χ0v) is 11.4. The Labute approximate surface area is 121 Å². The van der Waals surface area contributed by atoms with Gasteiger partial charge >= 0.3 is 0 Å². The van der Waals surface area contributed by atoms with Gasteiger partial charge in [0.25, 0.3) is 5.56 Å². The molecule has 0 bridgehead atoms. The zero-order valence-electron chi connectivity index (χ0n) is 11.4. The van der Waals surface area contributed by atoms with Gasteiger partial charge in [-0.15, -0.1) is 0 Å². The molecule has 7 heteroatoms. The van der Waals surface area contributed by atoms with Crippen LogP contribution in [0.4, 0.5) is 11.8 Å². The Bertz CT molecular complexity index is 699. The SMILES string of the molecule is Nc1cc(=O)[nH]c(NCc2ccc3c(c2)OCCCO3)n1. The van der Waals surface area contributed by atoms with E-state index in [0.717, 1.165) is 23.5 Å². The van der Waals surface area contributed by atoms with Crippen LogP contribution in [0.3, 0.4) is 0 Å². The number of benzene rings is 1. The van der Waals surface area contributed by atoms with Crippen molar-refractivity contribution in [3.63, 3.8) is 0 Å². The lowest BCUT2D eigenvalue weighted by Gasteiger charge is -2.10. The normalized spacial score (nSPS) is 13.5. The maximum Gasteiger partial charge on any atom is 0.254 e. The molecule has 0 atom stereocenters. The van der Waals surface area contributed by atoms with Gasteiger partial charge in [-0.05, 0) is 17.7 Å². The Kier molecular flexibility index (Phi) is 3.63. The molecule has 0 saturated heterocycles. The summed E-state index contributed by atoms with van der Waals surface area (Å²) in [6.07, 6.45) is 0.872. The molecule has 0 unspecified atom stereocenters. The molecular weight excluding hydrogens is 272 g/mol. The number of fused-ring (bicyclic) bond motifs is 1. The summed E-state index contributed by atoms with van der Waals surface area (Å²) >= 11 is 0. The van der Waals surface area contributed by atoms with Crippen molar-refractivity contribution in [3.05, 3.63) is 40.2 Å². The van der Waals surface area contributed by atoms with E-state index in [1.807, 2.05) is 18.2 Å². The standard InChI is InChI=1S/C14H16N4O3/c15-12-7-13(19)18-14(17-12)16-8-9-2-3-10-11(6-9)21-5-1-4-20-10/h2-3,6-7H,1,4-5,8H2,(H4,15,16,17,18,19). The number of nitrogens with one attached hydrogen (secondary N) is 2. The molecule has 0 radical (unpaired) electrons. The first kappa shape index (κ1) is 13.3. The van der Waals surface area contributed by atoms with Crippen LogP contribution in [0.1, 0.15) is 12.0 Å². The van der Waals surface area contributed by atoms with Crippen LogP contribution in [-0.2, 0) is 6.54 Å². The number of hydrogen-bond donors (Lipinski definition) is 3. The summed E-state index contributed by atoms with van der Waals surface area (Å²) in [7, 11) is 0. The van der Waals surface area contributed by atoms with E-state index in [1.165, 1.54) is 6.07 Å². The third-order valence-corrected chi connectivity index (χ3v) is 3.03. The number of aromatic amines is 1. The van der Waals surface area contributed by atoms with Crippen LogP contribution < -0.4 is 26.1 Å². The summed E-state index contributed by atoms with van der Waals surface area (Å²) in [5.41, 5.74) is 6.23. The summed E-state index contributed by atoms with van der Waals surface area (Å²) in [5.74, 6) is 2.01. The van der Waals surface area contributed by atoms with Gasteiger partial charge in [-0.2, -0.15) is 4.98 Å². The van der Waals surface area contributed by atoms with Gasteiger partial charge in [-0.25, -0.2) is 0 Å². The number of ether oxygens (including phenoxy) is 2. The first-order valence-electron chi connectivity index (χ1n) is 6.70. The average Bonchev–Trinajstić information content (AvgIpc) is 2.68. The van der Waals surface area contributed by atoms with Gasteiger partial charge in [0, 0.05) is 19.0 Å². The predicted octanol–water partition coefficient (Wildman–Crippen LogP) is 1.13. The van der Waals surface area contributed by atoms with Crippen molar-refractivity contribution in [1.82, 2.24) is 9.97 Å². The largest absolute Gasteiger partial charge is 0.490 e. The summed E-state index contributed by atoms with van der Waals surface area (Å²) in [5, 5.41) is 3.02. The van der Waals surface area contributed by atoms with Crippen LogP contribution in [0, 0.1) is 0 Å². The number of H-pyrrole nitrogens is 1. The Balaban J connectivity index is 1.73. The van der Waals surface area contributed by atoms with Gasteiger partial charge < -0.3 is 20.5 Å². The molecule has 1 aromatic carbocycles. The maximum absolute atomic E-state index is 11.3. The van der Waals surface area contributed by atoms with Crippen molar-refractivity contribution in [1.29, 1.82) is 0 Å². The van der Waals surface area contributed by atoms with Crippen molar-refractivity contribution in [3.8, 4) is 11.5 Å². The summed E-state index contributed by atoms with van der Waals surface area (Å²) < 4.78 is 11.2. The Morgan fingerprint density at radius 2 is 2.05 bits per heavy atom. The molecule has 2 heterocycles. The van der Waals surface area contributed by atoms with Crippen molar-refractivity contribution in [2.45, 2.75) is 13.0 Å². The minimum absolute atomic E-state index is 0.180. The Hall–Kier alpha value is -2.70. The lowest BCUT2D eigenvalue weighted by atomic mass is 10.2. The second-order valence-electron chi connectivity index (χ2n) is 4.70. The van der Waals surface area contributed by atoms with Crippen LogP contribution in [0.5, 0.6) is 11.5 Å². The molecule has 2 aromatic rings. The quantitative estimate of drug-likeness (QED) is 0.782. The number of rotatable bonds is 3. The Morgan fingerprint density at radius 1 is 1.24 bits per heavy atom.